The van der Waals surface area contributed by atoms with Crippen LogP contribution in [0.1, 0.15) is 82.8 Å². The summed E-state index contributed by atoms with van der Waals surface area (Å²) >= 11 is 0. The molecule has 1 atom stereocenters. The van der Waals surface area contributed by atoms with Gasteiger partial charge in [-0.2, -0.15) is 5.10 Å². The minimum atomic E-state index is -0.740. The number of nitrogens with one attached hydrogen (secondary N) is 1. The van der Waals surface area contributed by atoms with Gasteiger partial charge in [0.25, 0.3) is 11.8 Å². The molecule has 1 aliphatic carbocycles. The zero-order valence-electron chi connectivity index (χ0n) is 26.9. The third-order valence-electron chi connectivity index (χ3n) is 10.2. The average Bonchev–Trinajstić information content (AvgIpc) is 3.66. The number of likely N-dealkylation sites (tertiary alicyclic amines) is 1. The van der Waals surface area contributed by atoms with Crippen LogP contribution in [0.2, 0.25) is 0 Å². The Hall–Kier alpha value is -4.80. The predicted octanol–water partition coefficient (Wildman–Crippen LogP) is 4.55. The van der Waals surface area contributed by atoms with Crippen LogP contribution in [0, 0.1) is 12.8 Å². The summed E-state index contributed by atoms with van der Waals surface area (Å²) in [7, 11) is 0. The lowest BCUT2D eigenvalue weighted by atomic mass is 9.89. The van der Waals surface area contributed by atoms with Crippen LogP contribution in [0.15, 0.2) is 61.1 Å². The van der Waals surface area contributed by atoms with E-state index in [1.807, 2.05) is 35.1 Å². The van der Waals surface area contributed by atoms with E-state index in [2.05, 4.69) is 39.0 Å². The molecule has 1 aromatic carbocycles. The van der Waals surface area contributed by atoms with Crippen molar-refractivity contribution in [1.29, 1.82) is 0 Å². The number of Topliss-reactive ketones (excluding diaryl/α,β-unsaturated/α-hetero) is 1. The number of ketones is 1. The smallest absolute Gasteiger partial charge is 0.264 e. The Balaban J connectivity index is 0.916. The molecule has 11 nitrogen and oxygen atoms in total. The van der Waals surface area contributed by atoms with Crippen LogP contribution in [0.3, 0.4) is 0 Å². The van der Waals surface area contributed by atoms with E-state index in [1.54, 1.807) is 18.2 Å². The topological polar surface area (TPSA) is 121 Å². The molecule has 3 amide bonds. The van der Waals surface area contributed by atoms with E-state index in [-0.39, 0.29) is 30.1 Å². The van der Waals surface area contributed by atoms with Crippen LogP contribution in [0.4, 0.5) is 11.5 Å². The molecule has 5 heterocycles. The number of anilines is 2. The summed E-state index contributed by atoms with van der Waals surface area (Å²) in [5.41, 5.74) is 4.14. The normalized spacial score (nSPS) is 21.0. The summed E-state index contributed by atoms with van der Waals surface area (Å²) in [6.07, 6.45) is 10.4. The lowest BCUT2D eigenvalue weighted by Gasteiger charge is -2.37. The first-order valence-electron chi connectivity index (χ1n) is 16.7. The van der Waals surface area contributed by atoms with Crippen molar-refractivity contribution >= 4 is 35.0 Å². The highest BCUT2D eigenvalue weighted by molar-refractivity contribution is 6.25. The molecule has 2 saturated heterocycles. The Bertz CT molecular complexity index is 1710. The standard InChI is InChI=1S/C36H41N7O4/c1-23-6-8-30(31(44)18-23)43-35(46)28-4-3-5-29(33(28)36(43)47)37-20-25-21-39-42(22-25)27-12-16-41(17-13-27)34(45)26-10-14-40(15-11-26)32-9-7-24(2)19-38-32/h3-5,7,9,19,21-22,26-27,30,37H,1,6,8,10-18,20H2,2H3. The summed E-state index contributed by atoms with van der Waals surface area (Å²) < 4.78 is 1.99. The van der Waals surface area contributed by atoms with Crippen LogP contribution >= 0.6 is 0 Å². The van der Waals surface area contributed by atoms with Crippen LogP contribution in [-0.2, 0) is 16.1 Å². The highest BCUT2D eigenvalue weighted by atomic mass is 16.2. The maximum absolute atomic E-state index is 13.5. The lowest BCUT2D eigenvalue weighted by Crippen LogP contribution is -2.46. The second-order valence-corrected chi connectivity index (χ2v) is 13.3. The second-order valence-electron chi connectivity index (χ2n) is 13.3. The molecular weight excluding hydrogens is 594 g/mol. The van der Waals surface area contributed by atoms with Crippen molar-refractivity contribution in [2.75, 3.05) is 36.4 Å². The minimum Gasteiger partial charge on any atom is -0.380 e. The van der Waals surface area contributed by atoms with E-state index in [0.717, 1.165) is 79.3 Å². The van der Waals surface area contributed by atoms with E-state index in [1.165, 1.54) is 0 Å². The second kappa shape index (κ2) is 12.8. The minimum absolute atomic E-state index is 0.0625. The fourth-order valence-electron chi connectivity index (χ4n) is 7.44. The van der Waals surface area contributed by atoms with Crippen LogP contribution < -0.4 is 10.2 Å². The molecule has 3 fully saturated rings. The number of piperidine rings is 2. The summed E-state index contributed by atoms with van der Waals surface area (Å²) in [6.45, 7) is 9.49. The predicted molar refractivity (Wildman–Crippen MR) is 177 cm³/mol. The molecular formula is C36H41N7O4. The van der Waals surface area contributed by atoms with Crippen molar-refractivity contribution in [3.63, 3.8) is 0 Å². The molecule has 244 valence electrons. The number of nitrogens with zero attached hydrogens (tertiary/aromatic N) is 6. The highest BCUT2D eigenvalue weighted by Gasteiger charge is 2.44. The quantitative estimate of drug-likeness (QED) is 0.297. The number of rotatable bonds is 7. The number of aryl methyl sites for hydroxylation is 1. The van der Waals surface area contributed by atoms with Gasteiger partial charge >= 0.3 is 0 Å². The zero-order chi connectivity index (χ0) is 32.7. The number of aromatic nitrogens is 3. The first kappa shape index (κ1) is 30.8. The number of hydrogen-bond acceptors (Lipinski definition) is 8. The van der Waals surface area contributed by atoms with Gasteiger partial charge in [0, 0.05) is 68.7 Å². The number of allylic oxidation sites excluding steroid dienone is 1. The summed E-state index contributed by atoms with van der Waals surface area (Å²) in [5.74, 6) is 0.341. The summed E-state index contributed by atoms with van der Waals surface area (Å²) in [5, 5.41) is 7.96. The maximum atomic E-state index is 13.5. The zero-order valence-corrected chi connectivity index (χ0v) is 26.9. The molecule has 1 unspecified atom stereocenters. The Morgan fingerprint density at radius 1 is 0.957 bits per heavy atom. The number of pyridine rings is 1. The monoisotopic (exact) mass is 635 g/mol. The van der Waals surface area contributed by atoms with Crippen molar-refractivity contribution in [1.82, 2.24) is 24.6 Å². The molecule has 0 bridgehead atoms. The number of benzene rings is 1. The van der Waals surface area contributed by atoms with Gasteiger partial charge in [-0.05, 0) is 69.2 Å². The fourth-order valence-corrected chi connectivity index (χ4v) is 7.44. The van der Waals surface area contributed by atoms with Gasteiger partial charge in [0.05, 0.1) is 29.4 Å². The Morgan fingerprint density at radius 2 is 1.74 bits per heavy atom. The molecule has 3 aliphatic heterocycles. The molecule has 0 spiro atoms. The number of carbonyl (C=O) groups excluding carboxylic acids is 4. The van der Waals surface area contributed by atoms with Crippen molar-refractivity contribution in [2.24, 2.45) is 5.92 Å². The number of hydrogen-bond donors (Lipinski definition) is 1. The van der Waals surface area contributed by atoms with Crippen molar-refractivity contribution < 1.29 is 19.2 Å². The highest BCUT2D eigenvalue weighted by Crippen LogP contribution is 2.35. The Labute approximate surface area is 274 Å². The van der Waals surface area contributed by atoms with Gasteiger partial charge in [0.15, 0.2) is 5.78 Å². The summed E-state index contributed by atoms with van der Waals surface area (Å²) in [6, 6.07) is 8.80. The molecule has 0 radical (unpaired) electrons. The van der Waals surface area contributed by atoms with Gasteiger partial charge in [-0.15, -0.1) is 0 Å². The van der Waals surface area contributed by atoms with E-state index in [4.69, 9.17) is 0 Å². The number of fused-ring (bicyclic) bond motifs is 1. The Morgan fingerprint density at radius 3 is 2.47 bits per heavy atom. The molecule has 4 aliphatic rings. The van der Waals surface area contributed by atoms with Crippen LogP contribution in [0.5, 0.6) is 0 Å². The van der Waals surface area contributed by atoms with Gasteiger partial charge in [0.1, 0.15) is 5.82 Å². The summed E-state index contributed by atoms with van der Waals surface area (Å²) in [4.78, 5) is 62.8. The third-order valence-corrected chi connectivity index (χ3v) is 10.2. The first-order valence-corrected chi connectivity index (χ1v) is 16.7. The van der Waals surface area contributed by atoms with Gasteiger partial charge in [0.2, 0.25) is 5.91 Å². The Kier molecular flexibility index (Phi) is 8.38. The van der Waals surface area contributed by atoms with Gasteiger partial charge < -0.3 is 15.1 Å². The van der Waals surface area contributed by atoms with E-state index >= 15 is 0 Å². The molecule has 2 aromatic heterocycles. The largest absolute Gasteiger partial charge is 0.380 e. The third kappa shape index (κ3) is 6.06. The van der Waals surface area contributed by atoms with Crippen molar-refractivity contribution in [3.8, 4) is 0 Å². The molecule has 1 N–H and O–H groups in total. The molecule has 11 heteroatoms. The van der Waals surface area contributed by atoms with Crippen molar-refractivity contribution in [3.05, 3.63) is 83.3 Å². The maximum Gasteiger partial charge on any atom is 0.264 e. The van der Waals surface area contributed by atoms with Crippen molar-refractivity contribution in [2.45, 2.75) is 70.5 Å². The number of amides is 3. The SMILES string of the molecule is C=C1CCC(N2C(=O)c3cccc(NCc4cnn(C5CCN(C(=O)C6CCN(c7ccc(C)cn7)CC6)CC5)c4)c3C2=O)C(=O)C1. The van der Waals surface area contributed by atoms with Crippen LogP contribution in [-0.4, -0.2) is 80.3 Å². The molecule has 1 saturated carbocycles. The average molecular weight is 636 g/mol. The van der Waals surface area contributed by atoms with E-state index in [9.17, 15) is 19.2 Å². The molecule has 3 aromatic rings. The molecule has 7 rings (SSSR count). The van der Waals surface area contributed by atoms with Gasteiger partial charge in [-0.25, -0.2) is 4.98 Å². The van der Waals surface area contributed by atoms with E-state index < -0.39 is 17.9 Å². The van der Waals surface area contributed by atoms with Crippen LogP contribution in [0.25, 0.3) is 0 Å². The van der Waals surface area contributed by atoms with E-state index in [0.29, 0.717) is 36.2 Å². The van der Waals surface area contributed by atoms with Gasteiger partial charge in [-0.1, -0.05) is 24.3 Å². The van der Waals surface area contributed by atoms with Gasteiger partial charge in [-0.3, -0.25) is 28.8 Å². The first-order chi connectivity index (χ1) is 22.8. The lowest BCUT2D eigenvalue weighted by molar-refractivity contribution is -0.137. The number of carbonyl (C=O) groups is 4. The fraction of sp³-hybridized carbons (Fsp3) is 0.444. The number of imide groups is 1. The molecule has 47 heavy (non-hydrogen) atoms.